The molecule has 1 unspecified atom stereocenters. The quantitative estimate of drug-likeness (QED) is 0.471. The summed E-state index contributed by atoms with van der Waals surface area (Å²) in [5.74, 6) is -0.600. The number of aromatic hydroxyl groups is 1. The number of phenolic OH excluding ortho intramolecular Hbond substituents is 1. The van der Waals surface area contributed by atoms with Crippen molar-refractivity contribution in [2.75, 3.05) is 26.3 Å². The lowest BCUT2D eigenvalue weighted by molar-refractivity contribution is -0.129. The van der Waals surface area contributed by atoms with Crippen LogP contribution in [0, 0.1) is 11.2 Å². The zero-order valence-corrected chi connectivity index (χ0v) is 20.7. The monoisotopic (exact) mass is 520 g/mol. The standard InChI is InChI=1S/C29H26ClFN2O4/c30-25-14-24(34)11-7-21(25)8-12-27(35)32-26-15-33(16-29(26)17-37-18-29)28(36)22-5-1-19(2-6-22)13-20-3-9-23(31)10-4-20/h1-12,14,26,34H,13,15-18H2,(H,32,35)/b12-8+. The van der Waals surface area contributed by atoms with Crippen LogP contribution in [0.3, 0.4) is 0 Å². The van der Waals surface area contributed by atoms with E-state index in [-0.39, 0.29) is 34.8 Å². The Labute approximate surface area is 219 Å². The molecule has 2 saturated heterocycles. The Morgan fingerprint density at radius 2 is 1.76 bits per heavy atom. The molecule has 3 aromatic rings. The van der Waals surface area contributed by atoms with Crippen LogP contribution in [0.5, 0.6) is 5.75 Å². The van der Waals surface area contributed by atoms with Gasteiger partial charge in [-0.2, -0.15) is 0 Å². The van der Waals surface area contributed by atoms with Gasteiger partial charge in [-0.15, -0.1) is 0 Å². The van der Waals surface area contributed by atoms with Gasteiger partial charge in [0, 0.05) is 24.7 Å². The predicted molar refractivity (Wildman–Crippen MR) is 139 cm³/mol. The van der Waals surface area contributed by atoms with Gasteiger partial charge in [-0.1, -0.05) is 35.9 Å². The third-order valence-electron chi connectivity index (χ3n) is 6.95. The first-order chi connectivity index (χ1) is 17.8. The van der Waals surface area contributed by atoms with Gasteiger partial charge >= 0.3 is 0 Å². The molecule has 0 saturated carbocycles. The van der Waals surface area contributed by atoms with Gasteiger partial charge in [0.15, 0.2) is 0 Å². The number of amides is 2. The lowest BCUT2D eigenvalue weighted by Gasteiger charge is -2.42. The molecular formula is C29H26ClFN2O4. The molecule has 5 rings (SSSR count). The van der Waals surface area contributed by atoms with Gasteiger partial charge < -0.3 is 20.1 Å². The Bertz CT molecular complexity index is 1340. The highest BCUT2D eigenvalue weighted by Crippen LogP contribution is 2.38. The molecule has 8 heteroatoms. The number of phenols is 1. The van der Waals surface area contributed by atoms with E-state index in [1.165, 1.54) is 30.3 Å². The Morgan fingerprint density at radius 3 is 2.38 bits per heavy atom. The third kappa shape index (κ3) is 5.53. The lowest BCUT2D eigenvalue weighted by atomic mass is 9.81. The molecule has 0 radical (unpaired) electrons. The Morgan fingerprint density at radius 1 is 1.08 bits per heavy atom. The highest BCUT2D eigenvalue weighted by molar-refractivity contribution is 6.32. The SMILES string of the molecule is O=C(/C=C/c1ccc(O)cc1Cl)NC1CN(C(=O)c2ccc(Cc3ccc(F)cc3)cc2)CC12COC2. The van der Waals surface area contributed by atoms with E-state index in [0.29, 0.717) is 48.9 Å². The van der Waals surface area contributed by atoms with Crippen molar-refractivity contribution < 1.29 is 23.8 Å². The largest absolute Gasteiger partial charge is 0.508 e. The van der Waals surface area contributed by atoms with E-state index in [1.807, 2.05) is 12.1 Å². The minimum atomic E-state index is -0.308. The normalized spacial score (nSPS) is 18.2. The van der Waals surface area contributed by atoms with Gasteiger partial charge in [0.2, 0.25) is 5.91 Å². The molecule has 1 spiro atoms. The summed E-state index contributed by atoms with van der Waals surface area (Å²) in [7, 11) is 0. The Balaban J connectivity index is 1.22. The molecule has 37 heavy (non-hydrogen) atoms. The van der Waals surface area contributed by atoms with Crippen molar-refractivity contribution in [2.45, 2.75) is 12.5 Å². The van der Waals surface area contributed by atoms with E-state index < -0.39 is 0 Å². The van der Waals surface area contributed by atoms with Gasteiger partial charge in [-0.05, 0) is 71.7 Å². The fraction of sp³-hybridized carbons (Fsp3) is 0.241. The summed E-state index contributed by atoms with van der Waals surface area (Å²) in [5, 5.41) is 12.9. The average molecular weight is 521 g/mol. The maximum atomic E-state index is 13.3. The topological polar surface area (TPSA) is 78.9 Å². The number of nitrogens with zero attached hydrogens (tertiary/aromatic N) is 1. The number of benzene rings is 3. The zero-order chi connectivity index (χ0) is 26.0. The summed E-state index contributed by atoms with van der Waals surface area (Å²) in [6, 6.07) is 18.1. The van der Waals surface area contributed by atoms with Crippen LogP contribution in [0.4, 0.5) is 4.39 Å². The second kappa shape index (κ2) is 10.4. The molecule has 1 atom stereocenters. The number of likely N-dealkylation sites (tertiary alicyclic amines) is 1. The van der Waals surface area contributed by atoms with Crippen LogP contribution in [-0.4, -0.2) is 54.2 Å². The van der Waals surface area contributed by atoms with Gasteiger partial charge in [-0.25, -0.2) is 4.39 Å². The van der Waals surface area contributed by atoms with Crippen LogP contribution in [0.25, 0.3) is 6.08 Å². The number of hydrogen-bond donors (Lipinski definition) is 2. The molecule has 190 valence electrons. The molecule has 0 aliphatic carbocycles. The number of hydrogen-bond acceptors (Lipinski definition) is 4. The number of ether oxygens (including phenoxy) is 1. The van der Waals surface area contributed by atoms with E-state index in [0.717, 1.165) is 11.1 Å². The van der Waals surface area contributed by atoms with E-state index in [4.69, 9.17) is 16.3 Å². The van der Waals surface area contributed by atoms with Crippen molar-refractivity contribution in [3.05, 3.63) is 106 Å². The van der Waals surface area contributed by atoms with Crippen LogP contribution < -0.4 is 5.32 Å². The van der Waals surface area contributed by atoms with E-state index in [1.54, 1.807) is 41.3 Å². The zero-order valence-electron chi connectivity index (χ0n) is 20.0. The highest BCUT2D eigenvalue weighted by Gasteiger charge is 2.53. The molecule has 0 aromatic heterocycles. The second-order valence-electron chi connectivity index (χ2n) is 9.64. The maximum Gasteiger partial charge on any atom is 0.253 e. The van der Waals surface area contributed by atoms with Gasteiger partial charge in [-0.3, -0.25) is 9.59 Å². The molecule has 2 heterocycles. The number of carbonyl (C=O) groups is 2. The molecular weight excluding hydrogens is 495 g/mol. The highest BCUT2D eigenvalue weighted by atomic mass is 35.5. The molecule has 2 N–H and O–H groups in total. The molecule has 2 aliphatic heterocycles. The van der Waals surface area contributed by atoms with E-state index in [9.17, 15) is 19.1 Å². The van der Waals surface area contributed by atoms with Crippen molar-refractivity contribution in [1.29, 1.82) is 0 Å². The molecule has 3 aromatic carbocycles. The van der Waals surface area contributed by atoms with Gasteiger partial charge in [0.05, 0.1) is 29.7 Å². The summed E-state index contributed by atoms with van der Waals surface area (Å²) in [5.41, 5.74) is 2.90. The maximum absolute atomic E-state index is 13.3. The summed E-state index contributed by atoms with van der Waals surface area (Å²) in [6.45, 7) is 1.85. The first-order valence-electron chi connectivity index (χ1n) is 12.0. The van der Waals surface area contributed by atoms with Gasteiger partial charge in [0.25, 0.3) is 5.91 Å². The average Bonchev–Trinajstić information content (AvgIpc) is 3.25. The van der Waals surface area contributed by atoms with E-state index in [2.05, 4.69) is 5.32 Å². The first kappa shape index (κ1) is 25.0. The lowest BCUT2D eigenvalue weighted by Crippen LogP contribution is -2.57. The van der Waals surface area contributed by atoms with Crippen LogP contribution in [0.15, 0.2) is 72.8 Å². The summed E-state index contributed by atoms with van der Waals surface area (Å²) >= 11 is 6.11. The van der Waals surface area contributed by atoms with Crippen molar-refractivity contribution in [1.82, 2.24) is 10.2 Å². The number of carbonyl (C=O) groups excluding carboxylic acids is 2. The molecule has 2 amide bonds. The second-order valence-corrected chi connectivity index (χ2v) is 10.0. The predicted octanol–water partition coefficient (Wildman–Crippen LogP) is 4.45. The summed E-state index contributed by atoms with van der Waals surface area (Å²) in [4.78, 5) is 27.7. The van der Waals surface area contributed by atoms with Crippen molar-refractivity contribution in [3.8, 4) is 5.75 Å². The van der Waals surface area contributed by atoms with Crippen LogP contribution in [0.1, 0.15) is 27.0 Å². The minimum absolute atomic E-state index is 0.0526. The third-order valence-corrected chi connectivity index (χ3v) is 7.28. The fourth-order valence-electron chi connectivity index (χ4n) is 4.80. The van der Waals surface area contributed by atoms with Crippen molar-refractivity contribution in [2.24, 2.45) is 5.41 Å². The van der Waals surface area contributed by atoms with Crippen LogP contribution in [-0.2, 0) is 16.0 Å². The fourth-order valence-corrected chi connectivity index (χ4v) is 5.04. The number of rotatable bonds is 6. The number of halogens is 2. The first-order valence-corrected chi connectivity index (χ1v) is 12.4. The molecule has 6 nitrogen and oxygen atoms in total. The molecule has 2 aliphatic rings. The van der Waals surface area contributed by atoms with Crippen molar-refractivity contribution in [3.63, 3.8) is 0 Å². The summed E-state index contributed by atoms with van der Waals surface area (Å²) in [6.07, 6.45) is 3.64. The molecule has 2 fully saturated rings. The van der Waals surface area contributed by atoms with Gasteiger partial charge in [0.1, 0.15) is 11.6 Å². The van der Waals surface area contributed by atoms with Crippen LogP contribution >= 0.6 is 11.6 Å². The van der Waals surface area contributed by atoms with Crippen LogP contribution in [0.2, 0.25) is 5.02 Å². The molecule has 0 bridgehead atoms. The summed E-state index contributed by atoms with van der Waals surface area (Å²) < 4.78 is 18.6. The minimum Gasteiger partial charge on any atom is -0.508 e. The van der Waals surface area contributed by atoms with E-state index >= 15 is 0 Å². The smallest absolute Gasteiger partial charge is 0.253 e. The Kier molecular flexibility index (Phi) is 7.00. The number of nitrogens with one attached hydrogen (secondary N) is 1. The van der Waals surface area contributed by atoms with Crippen molar-refractivity contribution >= 4 is 29.5 Å². The Hall–Kier alpha value is -3.68.